The molecule has 4 nitrogen and oxygen atoms in total. The zero-order chi connectivity index (χ0) is 16.1. The van der Waals surface area contributed by atoms with Crippen molar-refractivity contribution in [2.24, 2.45) is 5.41 Å². The lowest BCUT2D eigenvalue weighted by atomic mass is 9.83. The van der Waals surface area contributed by atoms with Crippen molar-refractivity contribution < 1.29 is 22.7 Å². The van der Waals surface area contributed by atoms with E-state index in [1.165, 1.54) is 12.1 Å². The van der Waals surface area contributed by atoms with Gasteiger partial charge in [0, 0.05) is 5.69 Å². The molecule has 21 heavy (non-hydrogen) atoms. The molecule has 0 heterocycles. The lowest BCUT2D eigenvalue weighted by Gasteiger charge is -2.22. The predicted molar refractivity (Wildman–Crippen MR) is 70.4 cm³/mol. The van der Waals surface area contributed by atoms with Crippen LogP contribution in [0.3, 0.4) is 0 Å². The summed E-state index contributed by atoms with van der Waals surface area (Å²) in [6.45, 7) is 3.46. The van der Waals surface area contributed by atoms with Crippen LogP contribution >= 0.6 is 0 Å². The Balaban J connectivity index is 2.81. The van der Waals surface area contributed by atoms with E-state index in [1.807, 2.05) is 6.07 Å². The first-order valence-corrected chi connectivity index (χ1v) is 6.35. The van der Waals surface area contributed by atoms with E-state index in [0.717, 1.165) is 12.1 Å². The number of halogens is 3. The summed E-state index contributed by atoms with van der Waals surface area (Å²) in [5, 5.41) is 11.7. The maximum atomic E-state index is 12.1. The molecule has 1 rings (SSSR count). The molecule has 1 amide bonds. The standard InChI is InChI=1S/C14H15F3N2O2/c1-3-13(4-2,9-18)12(20)19-10-5-7-11(8-6-10)21-14(15,16)17/h5-8H,3-4H2,1-2H3,(H,19,20). The molecule has 0 aliphatic rings. The van der Waals surface area contributed by atoms with Gasteiger partial charge >= 0.3 is 6.36 Å². The lowest BCUT2D eigenvalue weighted by molar-refractivity contribution is -0.274. The highest BCUT2D eigenvalue weighted by atomic mass is 19.4. The zero-order valence-corrected chi connectivity index (χ0v) is 11.6. The van der Waals surface area contributed by atoms with Gasteiger partial charge in [0.25, 0.3) is 0 Å². The Morgan fingerprint density at radius 2 is 1.76 bits per heavy atom. The van der Waals surface area contributed by atoms with Gasteiger partial charge in [-0.3, -0.25) is 4.79 Å². The van der Waals surface area contributed by atoms with Crippen LogP contribution < -0.4 is 10.1 Å². The normalized spacial score (nSPS) is 11.6. The van der Waals surface area contributed by atoms with Crippen LogP contribution in [0.1, 0.15) is 26.7 Å². The Morgan fingerprint density at radius 3 is 2.14 bits per heavy atom. The number of carbonyl (C=O) groups excluding carboxylic acids is 1. The van der Waals surface area contributed by atoms with Crippen LogP contribution in [0.25, 0.3) is 0 Å². The number of nitriles is 1. The van der Waals surface area contributed by atoms with Crippen LogP contribution in [-0.2, 0) is 4.79 Å². The molecule has 0 saturated heterocycles. The van der Waals surface area contributed by atoms with Gasteiger partial charge in [0.05, 0.1) is 6.07 Å². The maximum Gasteiger partial charge on any atom is 0.573 e. The van der Waals surface area contributed by atoms with Crippen molar-refractivity contribution in [3.8, 4) is 11.8 Å². The van der Waals surface area contributed by atoms with Crippen molar-refractivity contribution in [1.29, 1.82) is 5.26 Å². The molecule has 7 heteroatoms. The number of ether oxygens (including phenoxy) is 1. The summed E-state index contributed by atoms with van der Waals surface area (Å²) in [6, 6.07) is 6.74. The first-order valence-electron chi connectivity index (χ1n) is 6.35. The molecule has 1 aromatic carbocycles. The number of nitrogens with one attached hydrogen (secondary N) is 1. The number of hydrogen-bond acceptors (Lipinski definition) is 3. The largest absolute Gasteiger partial charge is 0.573 e. The molecule has 0 spiro atoms. The SMILES string of the molecule is CCC(C#N)(CC)C(=O)Nc1ccc(OC(F)(F)F)cc1. The molecule has 0 atom stereocenters. The van der Waals surface area contributed by atoms with Crippen LogP contribution in [0.2, 0.25) is 0 Å². The fourth-order valence-electron chi connectivity index (χ4n) is 1.77. The average molecular weight is 300 g/mol. The first-order chi connectivity index (χ1) is 9.76. The van der Waals surface area contributed by atoms with Crippen molar-refractivity contribution in [3.63, 3.8) is 0 Å². The number of hydrogen-bond donors (Lipinski definition) is 1. The number of anilines is 1. The Bertz CT molecular complexity index is 529. The Kier molecular flexibility index (Phi) is 5.19. The summed E-state index contributed by atoms with van der Waals surface area (Å²) in [4.78, 5) is 12.1. The van der Waals surface area contributed by atoms with Gasteiger partial charge < -0.3 is 10.1 Å². The second kappa shape index (κ2) is 6.48. The number of alkyl halides is 3. The quantitative estimate of drug-likeness (QED) is 0.898. The summed E-state index contributed by atoms with van der Waals surface area (Å²) in [5.74, 6) is -0.850. The lowest BCUT2D eigenvalue weighted by Crippen LogP contribution is -2.33. The van der Waals surface area contributed by atoms with Crippen molar-refractivity contribution in [2.75, 3.05) is 5.32 Å². The van der Waals surface area contributed by atoms with E-state index in [2.05, 4.69) is 10.1 Å². The summed E-state index contributed by atoms with van der Waals surface area (Å²) in [7, 11) is 0. The summed E-state index contributed by atoms with van der Waals surface area (Å²) < 4.78 is 39.8. The van der Waals surface area contributed by atoms with Crippen molar-refractivity contribution in [3.05, 3.63) is 24.3 Å². The highest BCUT2D eigenvalue weighted by Gasteiger charge is 2.35. The molecule has 114 valence electrons. The van der Waals surface area contributed by atoms with E-state index < -0.39 is 17.7 Å². The molecule has 1 aromatic rings. The minimum atomic E-state index is -4.76. The maximum absolute atomic E-state index is 12.1. The van der Waals surface area contributed by atoms with Gasteiger partial charge in [0.15, 0.2) is 0 Å². The van der Waals surface area contributed by atoms with Gasteiger partial charge in [0.1, 0.15) is 11.2 Å². The molecule has 0 aromatic heterocycles. The summed E-state index contributed by atoms with van der Waals surface area (Å²) >= 11 is 0. The van der Waals surface area contributed by atoms with Crippen LogP contribution in [0.5, 0.6) is 5.75 Å². The second-order valence-electron chi connectivity index (χ2n) is 4.43. The summed E-state index contributed by atoms with van der Waals surface area (Å²) in [6.07, 6.45) is -4.06. The number of rotatable bonds is 5. The van der Waals surface area contributed by atoms with Crippen LogP contribution in [-0.4, -0.2) is 12.3 Å². The van der Waals surface area contributed by atoms with Gasteiger partial charge in [0.2, 0.25) is 5.91 Å². The third-order valence-electron chi connectivity index (χ3n) is 3.20. The van der Waals surface area contributed by atoms with Crippen LogP contribution in [0, 0.1) is 16.7 Å². The molecule has 1 N–H and O–H groups in total. The molecule has 0 aliphatic carbocycles. The van der Waals surface area contributed by atoms with Gasteiger partial charge in [-0.05, 0) is 37.1 Å². The first kappa shape index (κ1) is 16.8. The van der Waals surface area contributed by atoms with E-state index >= 15 is 0 Å². The topological polar surface area (TPSA) is 62.1 Å². The van der Waals surface area contributed by atoms with Crippen molar-refractivity contribution >= 4 is 11.6 Å². The molecular formula is C14H15F3N2O2. The molecule has 0 bridgehead atoms. The van der Waals surface area contributed by atoms with E-state index in [1.54, 1.807) is 13.8 Å². The van der Waals surface area contributed by atoms with Crippen molar-refractivity contribution in [1.82, 2.24) is 0 Å². The van der Waals surface area contributed by atoms with E-state index in [0.29, 0.717) is 18.5 Å². The summed E-state index contributed by atoms with van der Waals surface area (Å²) in [5.41, 5.74) is -0.836. The number of nitrogens with zero attached hydrogens (tertiary/aromatic N) is 1. The Morgan fingerprint density at radius 1 is 1.24 bits per heavy atom. The third-order valence-corrected chi connectivity index (χ3v) is 3.20. The highest BCUT2D eigenvalue weighted by Crippen LogP contribution is 2.28. The Labute approximate surface area is 120 Å². The molecular weight excluding hydrogens is 285 g/mol. The van der Waals surface area contributed by atoms with E-state index in [-0.39, 0.29) is 5.75 Å². The average Bonchev–Trinajstić information content (AvgIpc) is 2.42. The minimum absolute atomic E-state index is 0.302. The van der Waals surface area contributed by atoms with E-state index in [9.17, 15) is 18.0 Å². The molecule has 0 radical (unpaired) electrons. The highest BCUT2D eigenvalue weighted by molar-refractivity contribution is 5.97. The molecule has 0 unspecified atom stereocenters. The van der Waals surface area contributed by atoms with Gasteiger partial charge in [-0.1, -0.05) is 13.8 Å². The van der Waals surface area contributed by atoms with Crippen molar-refractivity contribution in [2.45, 2.75) is 33.1 Å². The predicted octanol–water partition coefficient (Wildman–Crippen LogP) is 3.85. The second-order valence-corrected chi connectivity index (χ2v) is 4.43. The smallest absolute Gasteiger partial charge is 0.406 e. The van der Waals surface area contributed by atoms with E-state index in [4.69, 9.17) is 5.26 Å². The van der Waals surface area contributed by atoms with Crippen LogP contribution in [0.4, 0.5) is 18.9 Å². The molecule has 0 fully saturated rings. The number of carbonyl (C=O) groups is 1. The molecule has 0 saturated carbocycles. The van der Waals surface area contributed by atoms with Gasteiger partial charge in [-0.15, -0.1) is 13.2 Å². The number of amides is 1. The molecule has 0 aliphatic heterocycles. The zero-order valence-electron chi connectivity index (χ0n) is 11.6. The Hall–Kier alpha value is -2.23. The van der Waals surface area contributed by atoms with Gasteiger partial charge in [-0.2, -0.15) is 5.26 Å². The fourth-order valence-corrected chi connectivity index (χ4v) is 1.77. The van der Waals surface area contributed by atoms with Crippen LogP contribution in [0.15, 0.2) is 24.3 Å². The fraction of sp³-hybridized carbons (Fsp3) is 0.429. The number of benzene rings is 1. The third kappa shape index (κ3) is 4.38. The minimum Gasteiger partial charge on any atom is -0.406 e. The monoisotopic (exact) mass is 300 g/mol. The van der Waals surface area contributed by atoms with Gasteiger partial charge in [-0.25, -0.2) is 0 Å².